The van der Waals surface area contributed by atoms with Crippen LogP contribution in [0.3, 0.4) is 0 Å². The number of nitrogens with zero attached hydrogens (tertiary/aromatic N) is 2. The van der Waals surface area contributed by atoms with Gasteiger partial charge in [0.05, 0.1) is 10.6 Å². The molecule has 1 amide bonds. The Labute approximate surface area is 148 Å². The summed E-state index contributed by atoms with van der Waals surface area (Å²) in [6.45, 7) is 1.50. The number of carbonyl (C=O) groups is 1. The lowest BCUT2D eigenvalue weighted by Gasteiger charge is -2.17. The highest BCUT2D eigenvalue weighted by molar-refractivity contribution is 6.31. The van der Waals surface area contributed by atoms with Gasteiger partial charge >= 0.3 is 0 Å². The van der Waals surface area contributed by atoms with E-state index in [0.717, 1.165) is 32.0 Å². The number of hydrogen-bond donors (Lipinski definition) is 1. The van der Waals surface area contributed by atoms with Gasteiger partial charge in [0.25, 0.3) is 11.6 Å². The van der Waals surface area contributed by atoms with Crippen molar-refractivity contribution < 1.29 is 14.1 Å². The van der Waals surface area contributed by atoms with Crippen molar-refractivity contribution >= 4 is 34.6 Å². The van der Waals surface area contributed by atoms with Crippen molar-refractivity contribution in [3.05, 3.63) is 62.9 Å². The molecule has 0 atom stereocenters. The summed E-state index contributed by atoms with van der Waals surface area (Å²) in [7, 11) is 0. The molecule has 1 saturated heterocycles. The Morgan fingerprint density at radius 3 is 2.60 bits per heavy atom. The lowest BCUT2D eigenvalue weighted by Crippen LogP contribution is -2.20. The predicted molar refractivity (Wildman–Crippen MR) is 93.9 cm³/mol. The maximum absolute atomic E-state index is 13.7. The molecule has 2 aromatic carbocycles. The third-order valence-corrected chi connectivity index (χ3v) is 4.29. The van der Waals surface area contributed by atoms with Crippen molar-refractivity contribution in [3.8, 4) is 0 Å². The van der Waals surface area contributed by atoms with Crippen LogP contribution in [0.5, 0.6) is 0 Å². The Morgan fingerprint density at radius 1 is 1.20 bits per heavy atom. The Hall–Kier alpha value is -2.67. The first-order chi connectivity index (χ1) is 12.0. The molecule has 1 aliphatic rings. The highest BCUT2D eigenvalue weighted by atomic mass is 35.5. The number of halogens is 2. The second kappa shape index (κ2) is 7.06. The van der Waals surface area contributed by atoms with Crippen LogP contribution in [0.1, 0.15) is 23.2 Å². The van der Waals surface area contributed by atoms with Crippen LogP contribution in [0.15, 0.2) is 36.4 Å². The third-order valence-electron chi connectivity index (χ3n) is 4.06. The molecule has 25 heavy (non-hydrogen) atoms. The summed E-state index contributed by atoms with van der Waals surface area (Å²) >= 11 is 5.79. The zero-order chi connectivity index (χ0) is 18.0. The monoisotopic (exact) mass is 363 g/mol. The number of carbonyl (C=O) groups excluding carboxylic acids is 1. The lowest BCUT2D eigenvalue weighted by molar-refractivity contribution is -0.384. The highest BCUT2D eigenvalue weighted by Gasteiger charge is 2.24. The normalized spacial score (nSPS) is 13.8. The van der Waals surface area contributed by atoms with Crippen LogP contribution in [0.4, 0.5) is 21.5 Å². The number of anilines is 2. The van der Waals surface area contributed by atoms with E-state index in [9.17, 15) is 19.3 Å². The Morgan fingerprint density at radius 2 is 1.92 bits per heavy atom. The highest BCUT2D eigenvalue weighted by Crippen LogP contribution is 2.32. The minimum Gasteiger partial charge on any atom is -0.366 e. The Bertz CT molecular complexity index is 838. The average molecular weight is 364 g/mol. The fourth-order valence-electron chi connectivity index (χ4n) is 2.82. The molecule has 8 heteroatoms. The topological polar surface area (TPSA) is 75.5 Å². The third kappa shape index (κ3) is 3.71. The van der Waals surface area contributed by atoms with Crippen LogP contribution in [0.2, 0.25) is 5.02 Å². The van der Waals surface area contributed by atoms with E-state index in [-0.39, 0.29) is 22.0 Å². The van der Waals surface area contributed by atoms with Gasteiger partial charge in [0, 0.05) is 29.7 Å². The van der Waals surface area contributed by atoms with Gasteiger partial charge in [0.2, 0.25) is 0 Å². The van der Waals surface area contributed by atoms with Crippen LogP contribution < -0.4 is 10.2 Å². The minimum atomic E-state index is -0.641. The van der Waals surface area contributed by atoms with Crippen LogP contribution >= 0.6 is 11.6 Å². The summed E-state index contributed by atoms with van der Waals surface area (Å²) < 4.78 is 13.7. The van der Waals surface area contributed by atoms with Crippen molar-refractivity contribution in [2.75, 3.05) is 23.3 Å². The van der Waals surface area contributed by atoms with Crippen LogP contribution in [-0.2, 0) is 0 Å². The van der Waals surface area contributed by atoms with E-state index in [2.05, 4.69) is 5.32 Å². The van der Waals surface area contributed by atoms with Crippen LogP contribution in [0, 0.1) is 15.9 Å². The van der Waals surface area contributed by atoms with Crippen molar-refractivity contribution in [1.29, 1.82) is 0 Å². The zero-order valence-electron chi connectivity index (χ0n) is 13.2. The minimum absolute atomic E-state index is 0.0778. The van der Waals surface area contributed by atoms with E-state index < -0.39 is 16.6 Å². The number of nitrogens with one attached hydrogen (secondary N) is 1. The quantitative estimate of drug-likeness (QED) is 0.651. The molecule has 1 aliphatic heterocycles. The molecule has 1 heterocycles. The molecule has 0 saturated carbocycles. The first kappa shape index (κ1) is 17.2. The summed E-state index contributed by atoms with van der Waals surface area (Å²) in [4.78, 5) is 25.1. The zero-order valence-corrected chi connectivity index (χ0v) is 13.9. The standard InChI is InChI=1S/C17H15ClFN3O3/c18-12-4-5-13(19)14(10-12)20-17(23)11-3-6-15(16(9-11)22(24)25)21-7-1-2-8-21/h3-6,9-10H,1-2,7-8H2,(H,20,23). The van der Waals surface area contributed by atoms with E-state index in [1.54, 1.807) is 6.07 Å². The summed E-state index contributed by atoms with van der Waals surface area (Å²) in [5, 5.41) is 14.0. The number of nitro benzene ring substituents is 1. The van der Waals surface area contributed by atoms with Gasteiger partial charge in [-0.15, -0.1) is 0 Å². The first-order valence-electron chi connectivity index (χ1n) is 7.75. The van der Waals surface area contributed by atoms with Crippen LogP contribution in [-0.4, -0.2) is 23.9 Å². The molecule has 1 N–H and O–H groups in total. The second-order valence-corrected chi connectivity index (χ2v) is 6.17. The van der Waals surface area contributed by atoms with Crippen molar-refractivity contribution in [2.45, 2.75) is 12.8 Å². The van der Waals surface area contributed by atoms with Crippen molar-refractivity contribution in [2.24, 2.45) is 0 Å². The van der Waals surface area contributed by atoms with Gasteiger partial charge in [-0.1, -0.05) is 11.6 Å². The maximum atomic E-state index is 13.7. The Kier molecular flexibility index (Phi) is 4.85. The molecule has 0 bridgehead atoms. The molecule has 3 rings (SSSR count). The average Bonchev–Trinajstić information content (AvgIpc) is 3.12. The van der Waals surface area contributed by atoms with Gasteiger partial charge < -0.3 is 10.2 Å². The van der Waals surface area contributed by atoms with Crippen molar-refractivity contribution in [1.82, 2.24) is 0 Å². The molecule has 0 unspecified atom stereocenters. The van der Waals surface area contributed by atoms with Crippen LogP contribution in [0.25, 0.3) is 0 Å². The van der Waals surface area contributed by atoms with Gasteiger partial charge in [-0.3, -0.25) is 14.9 Å². The summed E-state index contributed by atoms with van der Waals surface area (Å²) in [5.41, 5.74) is 0.354. The first-order valence-corrected chi connectivity index (χ1v) is 8.13. The fourth-order valence-corrected chi connectivity index (χ4v) is 3.00. The fraction of sp³-hybridized carbons (Fsp3) is 0.235. The lowest BCUT2D eigenvalue weighted by atomic mass is 10.1. The molecule has 2 aromatic rings. The smallest absolute Gasteiger partial charge is 0.293 e. The summed E-state index contributed by atoms with van der Waals surface area (Å²) in [6.07, 6.45) is 1.96. The molecule has 0 aromatic heterocycles. The van der Waals surface area contributed by atoms with E-state index in [0.29, 0.717) is 5.69 Å². The maximum Gasteiger partial charge on any atom is 0.293 e. The SMILES string of the molecule is O=C(Nc1cc(Cl)ccc1F)c1ccc(N2CCCC2)c([N+](=O)[O-])c1. The van der Waals surface area contributed by atoms with Gasteiger partial charge in [-0.25, -0.2) is 4.39 Å². The molecule has 0 aliphatic carbocycles. The van der Waals surface area contributed by atoms with E-state index in [4.69, 9.17) is 11.6 Å². The van der Waals surface area contributed by atoms with Gasteiger partial charge in [-0.2, -0.15) is 0 Å². The molecular formula is C17H15ClFN3O3. The molecular weight excluding hydrogens is 349 g/mol. The number of rotatable bonds is 4. The van der Waals surface area contributed by atoms with E-state index in [1.165, 1.54) is 24.3 Å². The molecule has 0 spiro atoms. The number of hydrogen-bond acceptors (Lipinski definition) is 4. The largest absolute Gasteiger partial charge is 0.366 e. The van der Waals surface area contributed by atoms with Gasteiger partial charge in [0.15, 0.2) is 0 Å². The van der Waals surface area contributed by atoms with Gasteiger partial charge in [0.1, 0.15) is 11.5 Å². The summed E-state index contributed by atoms with van der Waals surface area (Å²) in [6, 6.07) is 8.05. The predicted octanol–water partition coefficient (Wildman–Crippen LogP) is 4.24. The number of benzene rings is 2. The molecule has 130 valence electrons. The Balaban J connectivity index is 1.89. The van der Waals surface area contributed by atoms with E-state index >= 15 is 0 Å². The number of nitro groups is 1. The van der Waals surface area contributed by atoms with E-state index in [1.807, 2.05) is 4.90 Å². The molecule has 0 radical (unpaired) electrons. The molecule has 1 fully saturated rings. The molecule has 6 nitrogen and oxygen atoms in total. The number of amides is 1. The van der Waals surface area contributed by atoms with Gasteiger partial charge in [-0.05, 0) is 43.2 Å². The summed E-state index contributed by atoms with van der Waals surface area (Å²) in [5.74, 6) is -1.28. The van der Waals surface area contributed by atoms with Crippen molar-refractivity contribution in [3.63, 3.8) is 0 Å². The second-order valence-electron chi connectivity index (χ2n) is 5.73.